The molecule has 0 aromatic heterocycles. The molecule has 0 fully saturated rings. The molecule has 168 valence electrons. The Kier molecular flexibility index (Phi) is 7.43. The van der Waals surface area contributed by atoms with Gasteiger partial charge in [0.1, 0.15) is 12.3 Å². The maximum absolute atomic E-state index is 13.6. The van der Waals surface area contributed by atoms with Gasteiger partial charge in [-0.15, -0.1) is 0 Å². The molecule has 3 rings (SSSR count). The Balaban J connectivity index is 2.02. The van der Waals surface area contributed by atoms with Crippen molar-refractivity contribution in [2.75, 3.05) is 22.8 Å². The van der Waals surface area contributed by atoms with E-state index in [4.69, 9.17) is 16.3 Å². The van der Waals surface area contributed by atoms with E-state index in [-0.39, 0.29) is 10.6 Å². The summed E-state index contributed by atoms with van der Waals surface area (Å²) in [5, 5.41) is 3.24. The minimum absolute atomic E-state index is 0.0211. The molecule has 0 radical (unpaired) electrons. The van der Waals surface area contributed by atoms with Crippen LogP contribution in [0.15, 0.2) is 71.6 Å². The number of nitrogens with one attached hydrogen (secondary N) is 1. The summed E-state index contributed by atoms with van der Waals surface area (Å²) in [7, 11) is -4.08. The van der Waals surface area contributed by atoms with E-state index in [0.717, 1.165) is 15.4 Å². The maximum Gasteiger partial charge on any atom is 0.264 e. The van der Waals surface area contributed by atoms with Gasteiger partial charge < -0.3 is 10.1 Å². The Morgan fingerprint density at radius 1 is 1.03 bits per heavy atom. The van der Waals surface area contributed by atoms with Crippen LogP contribution in [-0.4, -0.2) is 27.5 Å². The molecule has 3 aromatic carbocycles. The molecular formula is C24H25ClN2O4S. The van der Waals surface area contributed by atoms with E-state index >= 15 is 0 Å². The van der Waals surface area contributed by atoms with Gasteiger partial charge in [-0.3, -0.25) is 9.10 Å². The first-order chi connectivity index (χ1) is 15.2. The quantitative estimate of drug-likeness (QED) is 0.489. The second-order valence-corrected chi connectivity index (χ2v) is 9.53. The smallest absolute Gasteiger partial charge is 0.264 e. The van der Waals surface area contributed by atoms with Crippen LogP contribution < -0.4 is 14.4 Å². The van der Waals surface area contributed by atoms with Crippen molar-refractivity contribution in [1.29, 1.82) is 0 Å². The normalized spacial score (nSPS) is 11.1. The molecule has 6 nitrogen and oxygen atoms in total. The topological polar surface area (TPSA) is 75.7 Å². The molecule has 0 bridgehead atoms. The van der Waals surface area contributed by atoms with E-state index in [1.165, 1.54) is 24.3 Å². The predicted molar refractivity (Wildman–Crippen MR) is 128 cm³/mol. The van der Waals surface area contributed by atoms with Crippen LogP contribution in [-0.2, 0) is 14.8 Å². The fourth-order valence-corrected chi connectivity index (χ4v) is 4.72. The van der Waals surface area contributed by atoms with E-state index in [1.54, 1.807) is 24.3 Å². The second-order valence-electron chi connectivity index (χ2n) is 7.23. The molecule has 1 amide bonds. The molecule has 0 saturated carbocycles. The molecule has 0 aliphatic rings. The fourth-order valence-electron chi connectivity index (χ4n) is 3.16. The average Bonchev–Trinajstić information content (AvgIpc) is 2.76. The third-order valence-corrected chi connectivity index (χ3v) is 6.82. The summed E-state index contributed by atoms with van der Waals surface area (Å²) in [6, 6.07) is 18.2. The number of anilines is 2. The van der Waals surface area contributed by atoms with Crippen molar-refractivity contribution in [3.8, 4) is 5.75 Å². The van der Waals surface area contributed by atoms with E-state index in [0.29, 0.717) is 23.1 Å². The van der Waals surface area contributed by atoms with Crippen LogP contribution in [0.25, 0.3) is 0 Å². The number of hydrogen-bond donors (Lipinski definition) is 1. The van der Waals surface area contributed by atoms with Crippen LogP contribution >= 0.6 is 11.6 Å². The lowest BCUT2D eigenvalue weighted by Gasteiger charge is -2.26. The summed E-state index contributed by atoms with van der Waals surface area (Å²) in [6.07, 6.45) is 0. The van der Waals surface area contributed by atoms with Gasteiger partial charge in [0.25, 0.3) is 10.0 Å². The van der Waals surface area contributed by atoms with Gasteiger partial charge in [-0.05, 0) is 74.4 Å². The standard InChI is InChI=1S/C24H25ClN2O4S/c1-4-31-23-8-6-5-7-22(23)27(32(29,30)20-13-11-19(25)12-14-20)16-24(28)26-21-15-17(2)9-10-18(21)3/h5-15H,4,16H2,1-3H3,(H,26,28). The number of para-hydroxylation sites is 2. The van der Waals surface area contributed by atoms with Gasteiger partial charge in [-0.1, -0.05) is 35.9 Å². The van der Waals surface area contributed by atoms with Crippen molar-refractivity contribution in [3.05, 3.63) is 82.9 Å². The summed E-state index contributed by atoms with van der Waals surface area (Å²) >= 11 is 5.93. The maximum atomic E-state index is 13.6. The molecule has 0 heterocycles. The zero-order valence-electron chi connectivity index (χ0n) is 18.1. The van der Waals surface area contributed by atoms with Gasteiger partial charge in [-0.2, -0.15) is 0 Å². The lowest BCUT2D eigenvalue weighted by atomic mass is 10.1. The molecule has 3 aromatic rings. The molecular weight excluding hydrogens is 448 g/mol. The molecule has 1 N–H and O–H groups in total. The van der Waals surface area contributed by atoms with Crippen LogP contribution in [0.3, 0.4) is 0 Å². The van der Waals surface area contributed by atoms with E-state index in [2.05, 4.69) is 5.32 Å². The first kappa shape index (κ1) is 23.6. The van der Waals surface area contributed by atoms with Gasteiger partial charge in [0, 0.05) is 10.7 Å². The highest BCUT2D eigenvalue weighted by molar-refractivity contribution is 7.92. The minimum atomic E-state index is -4.08. The van der Waals surface area contributed by atoms with E-state index in [9.17, 15) is 13.2 Å². The number of rotatable bonds is 8. The summed E-state index contributed by atoms with van der Waals surface area (Å²) < 4.78 is 33.8. The number of aryl methyl sites for hydroxylation is 2. The van der Waals surface area contributed by atoms with E-state index < -0.39 is 22.5 Å². The lowest BCUT2D eigenvalue weighted by Crippen LogP contribution is -2.38. The Labute approximate surface area is 193 Å². The first-order valence-corrected chi connectivity index (χ1v) is 11.9. The van der Waals surface area contributed by atoms with Crippen LogP contribution in [0.5, 0.6) is 5.75 Å². The molecule has 0 aliphatic carbocycles. The largest absolute Gasteiger partial charge is 0.492 e. The number of amides is 1. The number of nitrogens with zero attached hydrogens (tertiary/aromatic N) is 1. The van der Waals surface area contributed by atoms with Crippen molar-refractivity contribution >= 4 is 38.9 Å². The number of ether oxygens (including phenoxy) is 1. The van der Waals surface area contributed by atoms with Crippen molar-refractivity contribution in [3.63, 3.8) is 0 Å². The Hall–Kier alpha value is -3.03. The zero-order valence-corrected chi connectivity index (χ0v) is 19.7. The van der Waals surface area contributed by atoms with Gasteiger partial charge in [0.2, 0.25) is 5.91 Å². The summed E-state index contributed by atoms with van der Waals surface area (Å²) in [4.78, 5) is 13.0. The number of benzene rings is 3. The number of carbonyl (C=O) groups excluding carboxylic acids is 1. The van der Waals surface area contributed by atoms with Gasteiger partial charge in [0.05, 0.1) is 17.2 Å². The predicted octanol–water partition coefficient (Wildman–Crippen LogP) is 5.19. The molecule has 32 heavy (non-hydrogen) atoms. The summed E-state index contributed by atoms with van der Waals surface area (Å²) in [5.41, 5.74) is 2.78. The monoisotopic (exact) mass is 472 g/mol. The van der Waals surface area contributed by atoms with E-state index in [1.807, 2.05) is 39.0 Å². The minimum Gasteiger partial charge on any atom is -0.492 e. The molecule has 0 saturated heterocycles. The molecule has 8 heteroatoms. The second kappa shape index (κ2) is 10.1. The van der Waals surface area contributed by atoms with Gasteiger partial charge in [-0.25, -0.2) is 8.42 Å². The highest BCUT2D eigenvalue weighted by Gasteiger charge is 2.29. The Bertz CT molecular complexity index is 1210. The average molecular weight is 473 g/mol. The fraction of sp³-hybridized carbons (Fsp3) is 0.208. The van der Waals surface area contributed by atoms with Crippen LogP contribution in [0, 0.1) is 13.8 Å². The molecule has 0 atom stereocenters. The zero-order chi connectivity index (χ0) is 23.3. The number of sulfonamides is 1. The molecule has 0 aliphatic heterocycles. The Morgan fingerprint density at radius 2 is 1.72 bits per heavy atom. The first-order valence-electron chi connectivity index (χ1n) is 10.1. The number of halogens is 1. The van der Waals surface area contributed by atoms with Gasteiger partial charge >= 0.3 is 0 Å². The third kappa shape index (κ3) is 5.41. The van der Waals surface area contributed by atoms with Crippen molar-refractivity contribution in [2.24, 2.45) is 0 Å². The van der Waals surface area contributed by atoms with Crippen molar-refractivity contribution in [1.82, 2.24) is 0 Å². The Morgan fingerprint density at radius 3 is 2.41 bits per heavy atom. The van der Waals surface area contributed by atoms with Crippen LogP contribution in [0.2, 0.25) is 5.02 Å². The SMILES string of the molecule is CCOc1ccccc1N(CC(=O)Nc1cc(C)ccc1C)S(=O)(=O)c1ccc(Cl)cc1. The van der Waals surface area contributed by atoms with Crippen molar-refractivity contribution in [2.45, 2.75) is 25.7 Å². The van der Waals surface area contributed by atoms with Crippen LogP contribution in [0.1, 0.15) is 18.1 Å². The number of hydrogen-bond acceptors (Lipinski definition) is 4. The van der Waals surface area contributed by atoms with Crippen LogP contribution in [0.4, 0.5) is 11.4 Å². The number of carbonyl (C=O) groups is 1. The highest BCUT2D eigenvalue weighted by atomic mass is 35.5. The summed E-state index contributed by atoms with van der Waals surface area (Å²) in [6.45, 7) is 5.53. The summed E-state index contributed by atoms with van der Waals surface area (Å²) in [5.74, 6) is -0.102. The highest BCUT2D eigenvalue weighted by Crippen LogP contribution is 2.33. The molecule has 0 spiro atoms. The van der Waals surface area contributed by atoms with Gasteiger partial charge in [0.15, 0.2) is 0 Å². The molecule has 0 unspecified atom stereocenters. The lowest BCUT2D eigenvalue weighted by molar-refractivity contribution is -0.114. The third-order valence-electron chi connectivity index (χ3n) is 4.79. The van der Waals surface area contributed by atoms with Crippen molar-refractivity contribution < 1.29 is 17.9 Å².